The first kappa shape index (κ1) is 23.3. The molecule has 5 aromatic rings. The molecule has 1 aromatic heterocycles. The number of ketones is 1. The zero-order valence-corrected chi connectivity index (χ0v) is 19.0. The molecule has 4 aromatic carbocycles. The molecule has 177 valence electrons. The van der Waals surface area contributed by atoms with Crippen molar-refractivity contribution < 1.29 is 18.0 Å². The lowest BCUT2D eigenvalue weighted by atomic mass is 9.95. The molecule has 0 aliphatic heterocycles. The summed E-state index contributed by atoms with van der Waals surface area (Å²) in [4.78, 5) is 17.9. The van der Waals surface area contributed by atoms with E-state index >= 15 is 0 Å². The second kappa shape index (κ2) is 9.66. The van der Waals surface area contributed by atoms with Crippen molar-refractivity contribution in [1.29, 1.82) is 0 Å². The summed E-state index contributed by atoms with van der Waals surface area (Å²) >= 11 is 0. The van der Waals surface area contributed by atoms with Gasteiger partial charge in [-0.25, -0.2) is 4.98 Å². The Kier molecular flexibility index (Phi) is 6.25. The number of nitrogens with zero attached hydrogens (tertiary/aromatic N) is 1. The number of nitrogens with one attached hydrogen (secondary N) is 1. The number of benzene rings is 4. The van der Waals surface area contributed by atoms with Crippen molar-refractivity contribution in [1.82, 2.24) is 4.98 Å². The molecule has 0 unspecified atom stereocenters. The summed E-state index contributed by atoms with van der Waals surface area (Å²) in [7, 11) is 0. The summed E-state index contributed by atoms with van der Waals surface area (Å²) in [6.07, 6.45) is -4.58. The highest BCUT2D eigenvalue weighted by Crippen LogP contribution is 2.37. The molecule has 3 nitrogen and oxygen atoms in total. The molecule has 6 heteroatoms. The number of halogens is 3. The minimum absolute atomic E-state index is 0.191. The van der Waals surface area contributed by atoms with Crippen LogP contribution in [0.3, 0.4) is 0 Å². The summed E-state index contributed by atoms with van der Waals surface area (Å²) in [5.74, 6) is -0.309. The molecule has 0 spiro atoms. The summed E-state index contributed by atoms with van der Waals surface area (Å²) in [6.45, 7) is 0.553. The van der Waals surface area contributed by atoms with Crippen LogP contribution in [0.5, 0.6) is 0 Å². The Morgan fingerprint density at radius 2 is 1.61 bits per heavy atom. The Morgan fingerprint density at radius 1 is 0.861 bits per heavy atom. The van der Waals surface area contributed by atoms with E-state index in [-0.39, 0.29) is 27.9 Å². The largest absolute Gasteiger partial charge is 0.418 e. The predicted molar refractivity (Wildman–Crippen MR) is 135 cm³/mol. The maximum atomic E-state index is 13.8. The highest BCUT2D eigenvalue weighted by molar-refractivity contribution is 6.14. The predicted octanol–water partition coefficient (Wildman–Crippen LogP) is 7.56. The number of carbonyl (C=O) groups excluding carboxylic acids is 1. The average molecular weight is 481 g/mol. The third-order valence-corrected chi connectivity index (χ3v) is 5.85. The minimum Gasteiger partial charge on any atom is -0.381 e. The molecule has 0 aliphatic carbocycles. The van der Waals surface area contributed by atoms with Crippen LogP contribution < -0.4 is 5.32 Å². The van der Waals surface area contributed by atoms with Gasteiger partial charge in [-0.05, 0) is 35.9 Å². The molecule has 1 heterocycles. The van der Waals surface area contributed by atoms with Crippen molar-refractivity contribution in [3.05, 3.63) is 131 Å². The molecule has 0 amide bonds. The number of para-hydroxylation sites is 1. The van der Waals surface area contributed by atoms with Crippen LogP contribution in [-0.2, 0) is 12.7 Å². The van der Waals surface area contributed by atoms with E-state index in [1.165, 1.54) is 12.1 Å². The van der Waals surface area contributed by atoms with Gasteiger partial charge in [0.2, 0.25) is 0 Å². The molecular weight excluding hydrogens is 461 g/mol. The quantitative estimate of drug-likeness (QED) is 0.255. The van der Waals surface area contributed by atoms with Crippen LogP contribution >= 0.6 is 0 Å². The highest BCUT2D eigenvalue weighted by atomic mass is 19.4. The maximum Gasteiger partial charge on any atom is 0.418 e. The van der Waals surface area contributed by atoms with E-state index in [0.29, 0.717) is 17.7 Å². The van der Waals surface area contributed by atoms with E-state index < -0.39 is 11.7 Å². The van der Waals surface area contributed by atoms with Gasteiger partial charge in [-0.3, -0.25) is 4.79 Å². The lowest BCUT2D eigenvalue weighted by Gasteiger charge is -2.15. The molecule has 0 fully saturated rings. The summed E-state index contributed by atoms with van der Waals surface area (Å²) in [5.41, 5.74) is 2.19. The molecule has 0 atom stereocenters. The first-order chi connectivity index (χ1) is 17.4. The van der Waals surface area contributed by atoms with Gasteiger partial charge in [-0.1, -0.05) is 78.9 Å². The second-order valence-electron chi connectivity index (χ2n) is 8.30. The van der Waals surface area contributed by atoms with Gasteiger partial charge in [-0.15, -0.1) is 0 Å². The van der Waals surface area contributed by atoms with Crippen molar-refractivity contribution in [2.75, 3.05) is 5.32 Å². The van der Waals surface area contributed by atoms with Crippen molar-refractivity contribution in [2.24, 2.45) is 0 Å². The van der Waals surface area contributed by atoms with Gasteiger partial charge in [0.1, 0.15) is 0 Å². The molecule has 0 saturated heterocycles. The van der Waals surface area contributed by atoms with E-state index in [9.17, 15) is 18.0 Å². The summed E-state index contributed by atoms with van der Waals surface area (Å²) in [5, 5.41) is 3.57. The first-order valence-electron chi connectivity index (χ1n) is 11.3. The molecule has 1 radical (unpaired) electrons. The number of pyridine rings is 1. The van der Waals surface area contributed by atoms with Crippen LogP contribution in [0.15, 0.2) is 103 Å². The number of fused-ring (bicyclic) bond motifs is 1. The Morgan fingerprint density at radius 3 is 2.36 bits per heavy atom. The van der Waals surface area contributed by atoms with E-state index in [2.05, 4.69) is 16.4 Å². The molecular formula is C30H20F3N2O. The molecule has 5 rings (SSSR count). The standard InChI is InChI=1S/C30H20F3N2O/c31-30(32,33)26-16-8-14-23-18-25(29(36)21-11-5-2-6-12-21)27(35-28(23)26)22-13-7-15-24(17-22)34-19-20-9-3-1-4-10-20/h2-18,34H,19H2. The van der Waals surface area contributed by atoms with E-state index in [1.54, 1.807) is 54.6 Å². The third kappa shape index (κ3) is 4.84. The third-order valence-electron chi connectivity index (χ3n) is 5.85. The zero-order chi connectivity index (χ0) is 25.1. The number of alkyl halides is 3. The SMILES string of the molecule is O=C(c1ccccc1)c1cc2cccc(C(F)(F)F)c2nc1-c1cccc(NCc2cc[c]cc2)c1. The smallest absolute Gasteiger partial charge is 0.381 e. The Balaban J connectivity index is 1.64. The fraction of sp³-hybridized carbons (Fsp3) is 0.0667. The topological polar surface area (TPSA) is 42.0 Å². The zero-order valence-electron chi connectivity index (χ0n) is 19.0. The van der Waals surface area contributed by atoms with Crippen LogP contribution in [0.2, 0.25) is 0 Å². The normalized spacial score (nSPS) is 11.4. The maximum absolute atomic E-state index is 13.8. The van der Waals surface area contributed by atoms with E-state index in [1.807, 2.05) is 30.3 Å². The second-order valence-corrected chi connectivity index (χ2v) is 8.30. The van der Waals surface area contributed by atoms with Gasteiger partial charge in [0.05, 0.1) is 16.8 Å². The van der Waals surface area contributed by atoms with Crippen molar-refractivity contribution >= 4 is 22.4 Å². The number of aromatic nitrogens is 1. The minimum atomic E-state index is -4.58. The van der Waals surface area contributed by atoms with Crippen molar-refractivity contribution in [3.63, 3.8) is 0 Å². The molecule has 1 N–H and O–H groups in total. The number of hydrogen-bond donors (Lipinski definition) is 1. The molecule has 0 aliphatic rings. The number of carbonyl (C=O) groups is 1. The Hall–Kier alpha value is -4.45. The van der Waals surface area contributed by atoms with Crippen LogP contribution in [0, 0.1) is 6.07 Å². The van der Waals surface area contributed by atoms with Gasteiger partial charge < -0.3 is 5.32 Å². The fourth-order valence-electron chi connectivity index (χ4n) is 4.09. The molecule has 0 bridgehead atoms. The van der Waals surface area contributed by atoms with Gasteiger partial charge in [0.25, 0.3) is 0 Å². The summed E-state index contributed by atoms with van der Waals surface area (Å²) < 4.78 is 41.3. The first-order valence-corrected chi connectivity index (χ1v) is 11.3. The van der Waals surface area contributed by atoms with Crippen LogP contribution in [0.4, 0.5) is 18.9 Å². The molecule has 0 saturated carbocycles. The lowest BCUT2D eigenvalue weighted by molar-refractivity contribution is -0.136. The summed E-state index contributed by atoms with van der Waals surface area (Å²) in [6, 6.07) is 31.7. The van der Waals surface area contributed by atoms with Gasteiger partial charge in [0, 0.05) is 34.3 Å². The van der Waals surface area contributed by atoms with E-state index in [4.69, 9.17) is 0 Å². The van der Waals surface area contributed by atoms with Gasteiger partial charge in [-0.2, -0.15) is 13.2 Å². The van der Waals surface area contributed by atoms with Crippen LogP contribution in [0.1, 0.15) is 27.0 Å². The fourth-order valence-corrected chi connectivity index (χ4v) is 4.09. The van der Waals surface area contributed by atoms with Crippen molar-refractivity contribution in [2.45, 2.75) is 12.7 Å². The Labute approximate surface area is 206 Å². The average Bonchev–Trinajstić information content (AvgIpc) is 2.91. The van der Waals surface area contributed by atoms with Gasteiger partial charge in [0.15, 0.2) is 5.78 Å². The number of rotatable bonds is 6. The van der Waals surface area contributed by atoms with Crippen molar-refractivity contribution in [3.8, 4) is 11.3 Å². The van der Waals surface area contributed by atoms with E-state index in [0.717, 1.165) is 17.3 Å². The number of anilines is 1. The van der Waals surface area contributed by atoms with Gasteiger partial charge >= 0.3 is 6.18 Å². The van der Waals surface area contributed by atoms with Crippen LogP contribution in [0.25, 0.3) is 22.2 Å². The lowest BCUT2D eigenvalue weighted by Crippen LogP contribution is -2.10. The molecule has 36 heavy (non-hydrogen) atoms. The van der Waals surface area contributed by atoms with Crippen LogP contribution in [-0.4, -0.2) is 10.8 Å². The monoisotopic (exact) mass is 481 g/mol. The number of hydrogen-bond acceptors (Lipinski definition) is 3. The Bertz CT molecular complexity index is 1530. The highest BCUT2D eigenvalue weighted by Gasteiger charge is 2.33.